The number of halogens is 3. The molecule has 1 aliphatic heterocycles. The van der Waals surface area contributed by atoms with Crippen LogP contribution in [0.15, 0.2) is 43.2 Å². The second kappa shape index (κ2) is 9.97. The molecule has 0 bridgehead atoms. The number of anilines is 4. The number of piperidine rings is 1. The number of nitrogen functional groups attached to an aromatic ring is 1. The maximum absolute atomic E-state index is 13.8. The Bertz CT molecular complexity index is 1250. The summed E-state index contributed by atoms with van der Waals surface area (Å²) >= 11 is 0. The van der Waals surface area contributed by atoms with Crippen molar-refractivity contribution >= 4 is 28.8 Å². The lowest BCUT2D eigenvalue weighted by Gasteiger charge is -2.33. The highest BCUT2D eigenvalue weighted by Gasteiger charge is 2.35. The summed E-state index contributed by atoms with van der Waals surface area (Å²) in [5.74, 6) is 0.873. The van der Waals surface area contributed by atoms with Crippen LogP contribution in [-0.4, -0.2) is 53.2 Å². The summed E-state index contributed by atoms with van der Waals surface area (Å²) < 4.78 is 41.3. The Kier molecular flexibility index (Phi) is 6.97. The smallest absolute Gasteiger partial charge is 0.382 e. The first-order valence-corrected chi connectivity index (χ1v) is 11.3. The van der Waals surface area contributed by atoms with Gasteiger partial charge in [-0.2, -0.15) is 13.2 Å². The fraction of sp³-hybridized carbons (Fsp3) is 0.333. The van der Waals surface area contributed by atoms with E-state index in [0.717, 1.165) is 37.7 Å². The normalized spacial score (nSPS) is 14.6. The van der Waals surface area contributed by atoms with E-state index in [0.29, 0.717) is 11.6 Å². The number of pyridine rings is 2. The second-order valence-corrected chi connectivity index (χ2v) is 8.75. The van der Waals surface area contributed by atoms with E-state index in [2.05, 4.69) is 36.7 Å². The maximum Gasteiger partial charge on any atom is 0.418 e. The summed E-state index contributed by atoms with van der Waals surface area (Å²) in [5, 5.41) is 3.12. The molecule has 0 aliphatic carbocycles. The topological polar surface area (TPSA) is 122 Å². The number of alkyl halides is 3. The van der Waals surface area contributed by atoms with Crippen LogP contribution in [0.5, 0.6) is 0 Å². The first kappa shape index (κ1) is 25.2. The van der Waals surface area contributed by atoms with Gasteiger partial charge in [0.05, 0.1) is 23.1 Å². The van der Waals surface area contributed by atoms with Crippen molar-refractivity contribution in [1.29, 1.82) is 0 Å². The zero-order valence-electron chi connectivity index (χ0n) is 20.0. The molecule has 36 heavy (non-hydrogen) atoms. The Labute approximate surface area is 207 Å². The number of hydrogen-bond acceptors (Lipinski definition) is 9. The third kappa shape index (κ3) is 5.33. The molecule has 9 nitrogen and oxygen atoms in total. The molecule has 0 unspecified atom stereocenters. The van der Waals surface area contributed by atoms with Gasteiger partial charge in [0.15, 0.2) is 11.6 Å². The van der Waals surface area contributed by atoms with Crippen LogP contribution >= 0.6 is 0 Å². The summed E-state index contributed by atoms with van der Waals surface area (Å²) in [4.78, 5) is 20.8. The van der Waals surface area contributed by atoms with E-state index in [9.17, 15) is 13.2 Å². The minimum absolute atomic E-state index is 0.00926. The zero-order valence-corrected chi connectivity index (χ0v) is 20.0. The first-order chi connectivity index (χ1) is 17.0. The molecular weight excluding hydrogens is 471 g/mol. The van der Waals surface area contributed by atoms with Crippen LogP contribution < -0.4 is 26.6 Å². The number of nitrogens with two attached hydrogens (primary N) is 2. The van der Waals surface area contributed by atoms with Crippen molar-refractivity contribution in [3.8, 4) is 11.4 Å². The van der Waals surface area contributed by atoms with Crippen molar-refractivity contribution < 1.29 is 13.2 Å². The second-order valence-electron chi connectivity index (χ2n) is 8.75. The van der Waals surface area contributed by atoms with E-state index in [4.69, 9.17) is 11.5 Å². The molecule has 1 fully saturated rings. The van der Waals surface area contributed by atoms with E-state index < -0.39 is 11.7 Å². The van der Waals surface area contributed by atoms with Crippen molar-refractivity contribution in [1.82, 2.24) is 19.9 Å². The van der Waals surface area contributed by atoms with Crippen LogP contribution in [0.4, 0.5) is 36.3 Å². The highest BCUT2D eigenvalue weighted by Crippen LogP contribution is 2.37. The molecule has 5 N–H and O–H groups in total. The van der Waals surface area contributed by atoms with E-state index in [1.54, 1.807) is 25.2 Å². The molecule has 0 amide bonds. The Morgan fingerprint density at radius 2 is 1.86 bits per heavy atom. The van der Waals surface area contributed by atoms with Gasteiger partial charge in [0.25, 0.3) is 0 Å². The third-order valence-corrected chi connectivity index (χ3v) is 5.91. The maximum atomic E-state index is 13.8. The van der Waals surface area contributed by atoms with Gasteiger partial charge in [-0.05, 0) is 37.1 Å². The molecule has 0 spiro atoms. The van der Waals surface area contributed by atoms with Gasteiger partial charge in [0, 0.05) is 39.4 Å². The molecule has 1 aliphatic rings. The summed E-state index contributed by atoms with van der Waals surface area (Å²) in [6.45, 7) is 5.56. The van der Waals surface area contributed by atoms with E-state index in [1.807, 2.05) is 12.1 Å². The van der Waals surface area contributed by atoms with Crippen molar-refractivity contribution in [3.63, 3.8) is 0 Å². The van der Waals surface area contributed by atoms with Crippen LogP contribution in [0, 0.1) is 0 Å². The van der Waals surface area contributed by atoms with Gasteiger partial charge >= 0.3 is 6.18 Å². The van der Waals surface area contributed by atoms with Gasteiger partial charge in [-0.1, -0.05) is 6.58 Å². The fourth-order valence-corrected chi connectivity index (χ4v) is 3.95. The monoisotopic (exact) mass is 499 g/mol. The van der Waals surface area contributed by atoms with Crippen LogP contribution in [0.2, 0.25) is 0 Å². The number of aromatic nitrogens is 4. The molecule has 4 heterocycles. The molecule has 1 saturated heterocycles. The van der Waals surface area contributed by atoms with Crippen LogP contribution in [0.1, 0.15) is 24.1 Å². The molecule has 4 rings (SSSR count). The van der Waals surface area contributed by atoms with Crippen molar-refractivity contribution in [2.45, 2.75) is 25.1 Å². The molecule has 0 atom stereocenters. The van der Waals surface area contributed by atoms with E-state index in [-0.39, 0.29) is 34.6 Å². The van der Waals surface area contributed by atoms with E-state index in [1.165, 1.54) is 12.3 Å². The van der Waals surface area contributed by atoms with E-state index >= 15 is 0 Å². The molecule has 190 valence electrons. The number of nitrogens with zero attached hydrogens (tertiary/aromatic N) is 6. The zero-order chi connectivity index (χ0) is 26.0. The average molecular weight is 500 g/mol. The van der Waals surface area contributed by atoms with Crippen molar-refractivity contribution in [2.75, 3.05) is 48.0 Å². The minimum Gasteiger partial charge on any atom is -0.382 e. The highest BCUT2D eigenvalue weighted by atomic mass is 19.4. The summed E-state index contributed by atoms with van der Waals surface area (Å²) in [6, 6.07) is 6.20. The SMILES string of the molecule is C=C(Nc1ncccc1N1CCC(N)CC1)c1nc(-c2nc(N(C)C)ccc2C(F)(F)F)cnc1N. The first-order valence-electron chi connectivity index (χ1n) is 11.3. The minimum atomic E-state index is -4.63. The number of nitrogens with one attached hydrogen (secondary N) is 1. The molecule has 12 heteroatoms. The Balaban J connectivity index is 1.69. The summed E-state index contributed by atoms with van der Waals surface area (Å²) in [7, 11) is 3.37. The fourth-order valence-electron chi connectivity index (χ4n) is 3.95. The van der Waals surface area contributed by atoms with Crippen LogP contribution in [-0.2, 0) is 6.18 Å². The predicted molar refractivity (Wildman–Crippen MR) is 135 cm³/mol. The Morgan fingerprint density at radius 1 is 1.14 bits per heavy atom. The largest absolute Gasteiger partial charge is 0.418 e. The number of rotatable bonds is 6. The quantitative estimate of drug-likeness (QED) is 0.467. The standard InChI is InChI=1S/C24H28F3N9/c1-14(32-23-18(5-4-10-30-23)36-11-8-15(28)9-12-36)20-22(29)31-13-17(33-20)21-16(24(25,26)27)6-7-19(34-21)35(2)3/h4-7,10,13,15H,1,8-9,11-12,28H2,2-3H3,(H2,29,31)(H,30,32). The number of hydrogen-bond donors (Lipinski definition) is 3. The third-order valence-electron chi connectivity index (χ3n) is 5.91. The molecule has 3 aromatic heterocycles. The lowest BCUT2D eigenvalue weighted by Crippen LogP contribution is -2.40. The Morgan fingerprint density at radius 3 is 2.53 bits per heavy atom. The lowest BCUT2D eigenvalue weighted by atomic mass is 10.1. The van der Waals surface area contributed by atoms with Crippen LogP contribution in [0.3, 0.4) is 0 Å². The van der Waals surface area contributed by atoms with Crippen LogP contribution in [0.25, 0.3) is 17.1 Å². The molecule has 0 radical (unpaired) electrons. The van der Waals surface area contributed by atoms with Crippen molar-refractivity contribution in [3.05, 3.63) is 54.5 Å². The average Bonchev–Trinajstić information content (AvgIpc) is 2.84. The predicted octanol–water partition coefficient (Wildman–Crippen LogP) is 3.61. The van der Waals surface area contributed by atoms with Gasteiger partial charge in [-0.15, -0.1) is 0 Å². The van der Waals surface area contributed by atoms with Gasteiger partial charge in [-0.3, -0.25) is 0 Å². The molecule has 3 aromatic rings. The molecular formula is C24H28F3N9. The van der Waals surface area contributed by atoms with Crippen molar-refractivity contribution in [2.24, 2.45) is 5.73 Å². The van der Waals surface area contributed by atoms with Gasteiger partial charge in [-0.25, -0.2) is 19.9 Å². The van der Waals surface area contributed by atoms with Gasteiger partial charge < -0.3 is 26.6 Å². The molecule has 0 aromatic carbocycles. The summed E-state index contributed by atoms with van der Waals surface area (Å²) in [6.07, 6.45) is -0.114. The lowest BCUT2D eigenvalue weighted by molar-refractivity contribution is -0.137. The Hall–Kier alpha value is -3.93. The van der Waals surface area contributed by atoms with Gasteiger partial charge in [0.1, 0.15) is 22.9 Å². The molecule has 0 saturated carbocycles. The van der Waals surface area contributed by atoms with Gasteiger partial charge in [0.2, 0.25) is 0 Å². The highest BCUT2D eigenvalue weighted by molar-refractivity contribution is 5.82. The summed E-state index contributed by atoms with van der Waals surface area (Å²) in [5.41, 5.74) is 11.9.